The van der Waals surface area contributed by atoms with Gasteiger partial charge in [0, 0.05) is 18.9 Å². The van der Waals surface area contributed by atoms with Crippen LogP contribution in [0.15, 0.2) is 24.5 Å². The second-order valence-corrected chi connectivity index (χ2v) is 4.81. The summed E-state index contributed by atoms with van der Waals surface area (Å²) in [4.78, 5) is 6.54. The third-order valence-electron chi connectivity index (χ3n) is 2.99. The first kappa shape index (κ1) is 14.5. The zero-order valence-corrected chi connectivity index (χ0v) is 11.7. The van der Waals surface area contributed by atoms with Crippen LogP contribution in [0, 0.1) is 0 Å². The van der Waals surface area contributed by atoms with E-state index < -0.39 is 0 Å². The van der Waals surface area contributed by atoms with Crippen molar-refractivity contribution in [3.05, 3.63) is 30.1 Å². The van der Waals surface area contributed by atoms with E-state index in [2.05, 4.69) is 41.6 Å². The van der Waals surface area contributed by atoms with Crippen molar-refractivity contribution < 1.29 is 0 Å². The van der Waals surface area contributed by atoms with Crippen LogP contribution < -0.4 is 0 Å². The number of thiol groups is 1. The van der Waals surface area contributed by atoms with Gasteiger partial charge in [-0.15, -0.1) is 0 Å². The molecule has 1 rings (SSSR count). The fraction of sp³-hybridized carbons (Fsp3) is 0.643. The standard InChI is InChI=1S/C14H24N2S/c1-2-16(11-5-3-4-6-12-17)13-14-7-9-15-10-8-14/h7-10,17H,2-6,11-13H2,1H3. The average Bonchev–Trinajstić information content (AvgIpc) is 2.38. The van der Waals surface area contributed by atoms with Crippen LogP contribution in [0.25, 0.3) is 0 Å². The highest BCUT2D eigenvalue weighted by atomic mass is 32.1. The van der Waals surface area contributed by atoms with Crippen molar-refractivity contribution >= 4 is 12.6 Å². The Kier molecular flexibility index (Phi) is 8.10. The molecule has 0 N–H and O–H groups in total. The number of hydrogen-bond acceptors (Lipinski definition) is 3. The van der Waals surface area contributed by atoms with Crippen molar-refractivity contribution in [2.24, 2.45) is 0 Å². The van der Waals surface area contributed by atoms with Gasteiger partial charge in [0.1, 0.15) is 0 Å². The maximum absolute atomic E-state index is 4.23. The van der Waals surface area contributed by atoms with E-state index in [0.29, 0.717) is 0 Å². The molecule has 0 aliphatic heterocycles. The Bertz CT molecular complexity index is 277. The summed E-state index contributed by atoms with van der Waals surface area (Å²) < 4.78 is 0. The lowest BCUT2D eigenvalue weighted by Gasteiger charge is -2.20. The maximum atomic E-state index is 4.23. The second kappa shape index (κ2) is 9.49. The summed E-state index contributed by atoms with van der Waals surface area (Å²) in [6, 6.07) is 4.20. The third-order valence-corrected chi connectivity index (χ3v) is 3.30. The first-order chi connectivity index (χ1) is 8.36. The van der Waals surface area contributed by atoms with Gasteiger partial charge in [0.2, 0.25) is 0 Å². The highest BCUT2D eigenvalue weighted by Gasteiger charge is 2.02. The predicted octanol–water partition coefficient (Wildman–Crippen LogP) is 3.39. The first-order valence-electron chi connectivity index (χ1n) is 6.59. The summed E-state index contributed by atoms with van der Waals surface area (Å²) in [5, 5.41) is 0. The van der Waals surface area contributed by atoms with Crippen LogP contribution in [-0.2, 0) is 6.54 Å². The number of pyridine rings is 1. The SMILES string of the molecule is CCN(CCCCCCS)Cc1ccncc1. The van der Waals surface area contributed by atoms with Crippen LogP contribution in [0.2, 0.25) is 0 Å². The summed E-state index contributed by atoms with van der Waals surface area (Å²) >= 11 is 4.23. The number of unbranched alkanes of at least 4 members (excludes halogenated alkanes) is 3. The minimum absolute atomic E-state index is 1.02. The van der Waals surface area contributed by atoms with E-state index in [4.69, 9.17) is 0 Å². The van der Waals surface area contributed by atoms with E-state index in [9.17, 15) is 0 Å². The van der Waals surface area contributed by atoms with Crippen molar-refractivity contribution in [1.29, 1.82) is 0 Å². The van der Waals surface area contributed by atoms with Crippen LogP contribution in [-0.4, -0.2) is 28.7 Å². The van der Waals surface area contributed by atoms with Gasteiger partial charge in [-0.1, -0.05) is 19.8 Å². The largest absolute Gasteiger partial charge is 0.299 e. The zero-order valence-electron chi connectivity index (χ0n) is 10.8. The molecule has 0 bridgehead atoms. The lowest BCUT2D eigenvalue weighted by Crippen LogP contribution is -2.24. The summed E-state index contributed by atoms with van der Waals surface area (Å²) in [6.45, 7) is 5.60. The number of hydrogen-bond donors (Lipinski definition) is 1. The van der Waals surface area contributed by atoms with E-state index in [-0.39, 0.29) is 0 Å². The average molecular weight is 252 g/mol. The Balaban J connectivity index is 2.20. The number of rotatable bonds is 9. The van der Waals surface area contributed by atoms with Crippen LogP contribution in [0.1, 0.15) is 38.2 Å². The maximum Gasteiger partial charge on any atom is 0.0271 e. The molecule has 1 heterocycles. The number of nitrogens with zero attached hydrogens (tertiary/aromatic N) is 2. The highest BCUT2D eigenvalue weighted by Crippen LogP contribution is 2.06. The van der Waals surface area contributed by atoms with Gasteiger partial charge in [0.15, 0.2) is 0 Å². The zero-order chi connectivity index (χ0) is 12.3. The smallest absolute Gasteiger partial charge is 0.0271 e. The van der Waals surface area contributed by atoms with Gasteiger partial charge >= 0.3 is 0 Å². The summed E-state index contributed by atoms with van der Waals surface area (Å²) in [5.41, 5.74) is 1.36. The van der Waals surface area contributed by atoms with E-state index in [1.165, 1.54) is 37.8 Å². The molecule has 3 heteroatoms. The molecule has 0 amide bonds. The van der Waals surface area contributed by atoms with Crippen molar-refractivity contribution in [1.82, 2.24) is 9.88 Å². The van der Waals surface area contributed by atoms with Gasteiger partial charge in [-0.3, -0.25) is 9.88 Å². The van der Waals surface area contributed by atoms with Crippen molar-refractivity contribution in [2.45, 2.75) is 39.2 Å². The van der Waals surface area contributed by atoms with Gasteiger partial charge in [-0.2, -0.15) is 12.6 Å². The lowest BCUT2D eigenvalue weighted by molar-refractivity contribution is 0.273. The topological polar surface area (TPSA) is 16.1 Å². The van der Waals surface area contributed by atoms with Crippen molar-refractivity contribution in [3.8, 4) is 0 Å². The Morgan fingerprint density at radius 3 is 2.47 bits per heavy atom. The molecule has 96 valence electrons. The quantitative estimate of drug-likeness (QED) is 0.535. The minimum atomic E-state index is 1.02. The molecule has 0 saturated carbocycles. The van der Waals surface area contributed by atoms with E-state index in [1.54, 1.807) is 0 Å². The van der Waals surface area contributed by atoms with Crippen LogP contribution in [0.4, 0.5) is 0 Å². The highest BCUT2D eigenvalue weighted by molar-refractivity contribution is 7.80. The molecule has 1 aromatic rings. The van der Waals surface area contributed by atoms with Crippen molar-refractivity contribution in [3.63, 3.8) is 0 Å². The van der Waals surface area contributed by atoms with Crippen LogP contribution >= 0.6 is 12.6 Å². The molecule has 0 unspecified atom stereocenters. The fourth-order valence-electron chi connectivity index (χ4n) is 1.90. The molecule has 2 nitrogen and oxygen atoms in total. The van der Waals surface area contributed by atoms with E-state index >= 15 is 0 Å². The Labute approximate surface area is 111 Å². The molecule has 0 saturated heterocycles. The molecule has 0 radical (unpaired) electrons. The molecule has 0 aliphatic carbocycles. The fourth-order valence-corrected chi connectivity index (χ4v) is 2.12. The number of aromatic nitrogens is 1. The summed E-state index contributed by atoms with van der Waals surface area (Å²) in [5.74, 6) is 1.02. The molecule has 0 aromatic carbocycles. The first-order valence-corrected chi connectivity index (χ1v) is 7.22. The molecule has 17 heavy (non-hydrogen) atoms. The summed E-state index contributed by atoms with van der Waals surface area (Å²) in [6.07, 6.45) is 8.93. The van der Waals surface area contributed by atoms with Gasteiger partial charge in [-0.05, 0) is 49.4 Å². The normalized spacial score (nSPS) is 11.0. The van der Waals surface area contributed by atoms with Crippen LogP contribution in [0.5, 0.6) is 0 Å². The summed E-state index contributed by atoms with van der Waals surface area (Å²) in [7, 11) is 0. The molecular formula is C14H24N2S. The van der Waals surface area contributed by atoms with Gasteiger partial charge in [-0.25, -0.2) is 0 Å². The monoisotopic (exact) mass is 252 g/mol. The Morgan fingerprint density at radius 1 is 1.12 bits per heavy atom. The third kappa shape index (κ3) is 6.69. The van der Waals surface area contributed by atoms with Gasteiger partial charge in [0.25, 0.3) is 0 Å². The Hall–Kier alpha value is -0.540. The van der Waals surface area contributed by atoms with Gasteiger partial charge < -0.3 is 0 Å². The van der Waals surface area contributed by atoms with Gasteiger partial charge in [0.05, 0.1) is 0 Å². The molecule has 0 atom stereocenters. The molecular weight excluding hydrogens is 228 g/mol. The molecule has 0 fully saturated rings. The molecule has 0 aliphatic rings. The van der Waals surface area contributed by atoms with E-state index in [1.807, 2.05) is 12.4 Å². The molecule has 0 spiro atoms. The minimum Gasteiger partial charge on any atom is -0.299 e. The van der Waals surface area contributed by atoms with Crippen LogP contribution in [0.3, 0.4) is 0 Å². The molecule has 1 aromatic heterocycles. The Morgan fingerprint density at radius 2 is 1.82 bits per heavy atom. The second-order valence-electron chi connectivity index (χ2n) is 4.36. The lowest BCUT2D eigenvalue weighted by atomic mass is 10.2. The predicted molar refractivity (Wildman–Crippen MR) is 77.5 cm³/mol. The van der Waals surface area contributed by atoms with Crippen molar-refractivity contribution in [2.75, 3.05) is 18.8 Å². The van der Waals surface area contributed by atoms with E-state index in [0.717, 1.165) is 18.8 Å².